The van der Waals surface area contributed by atoms with E-state index in [0.717, 1.165) is 0 Å². The van der Waals surface area contributed by atoms with Crippen molar-refractivity contribution in [3.63, 3.8) is 0 Å². The molecule has 2 aromatic heterocycles. The van der Waals surface area contributed by atoms with Gasteiger partial charge in [-0.25, -0.2) is 4.98 Å². The molecule has 0 aromatic carbocycles. The van der Waals surface area contributed by atoms with Crippen LogP contribution in [0.4, 0.5) is 0 Å². The van der Waals surface area contributed by atoms with Crippen molar-refractivity contribution in [2.45, 2.75) is 0 Å². The Morgan fingerprint density at radius 1 is 1.09 bits per heavy atom. The first-order valence-electron chi connectivity index (χ1n) is 3.47. The fraction of sp³-hybridized carbons (Fsp3) is 0. The summed E-state index contributed by atoms with van der Waals surface area (Å²) in [6, 6.07) is 10.3. The second kappa shape index (κ2) is 2.84. The van der Waals surface area contributed by atoms with Crippen LogP contribution < -0.4 is 4.98 Å². The summed E-state index contributed by atoms with van der Waals surface area (Å²) in [6.07, 6.45) is 1.94. The van der Waals surface area contributed by atoms with E-state index in [1.807, 2.05) is 18.3 Å². The van der Waals surface area contributed by atoms with Gasteiger partial charge in [-0.05, 0) is 17.5 Å². The van der Waals surface area contributed by atoms with Gasteiger partial charge in [-0.2, -0.15) is 0 Å². The Morgan fingerprint density at radius 3 is 2.73 bits per heavy atom. The minimum absolute atomic E-state index is 1.18. The lowest BCUT2D eigenvalue weighted by atomic mass is 10.3. The summed E-state index contributed by atoms with van der Waals surface area (Å²) in [5.74, 6) is 0. The van der Waals surface area contributed by atoms with Crippen molar-refractivity contribution in [3.05, 3.63) is 41.9 Å². The standard InChI is InChI=1S/C9H7NS/c1-2-6-10-8(4-1)9-5-3-7-11-9/h1-7H/p+1. The van der Waals surface area contributed by atoms with Crippen LogP contribution in [-0.4, -0.2) is 0 Å². The van der Waals surface area contributed by atoms with Crippen molar-refractivity contribution in [2.24, 2.45) is 0 Å². The zero-order valence-corrected chi connectivity index (χ0v) is 6.77. The van der Waals surface area contributed by atoms with Gasteiger partial charge >= 0.3 is 0 Å². The van der Waals surface area contributed by atoms with E-state index >= 15 is 0 Å². The molecule has 0 aliphatic heterocycles. The van der Waals surface area contributed by atoms with Gasteiger partial charge in [-0.3, -0.25) is 0 Å². The highest BCUT2D eigenvalue weighted by Crippen LogP contribution is 2.19. The number of thiophene rings is 1. The number of hydrogen-bond acceptors (Lipinski definition) is 1. The van der Waals surface area contributed by atoms with E-state index in [9.17, 15) is 0 Å². The zero-order valence-electron chi connectivity index (χ0n) is 5.95. The molecular weight excluding hydrogens is 154 g/mol. The third-order valence-electron chi connectivity index (χ3n) is 1.50. The van der Waals surface area contributed by atoms with Crippen LogP contribution in [0.3, 0.4) is 0 Å². The molecule has 2 aromatic rings. The topological polar surface area (TPSA) is 14.1 Å². The average molecular weight is 162 g/mol. The largest absolute Gasteiger partial charge is 0.220 e. The van der Waals surface area contributed by atoms with Gasteiger partial charge < -0.3 is 0 Å². The van der Waals surface area contributed by atoms with Gasteiger partial charge in [-0.1, -0.05) is 6.07 Å². The number of pyridine rings is 1. The summed E-state index contributed by atoms with van der Waals surface area (Å²) in [6.45, 7) is 0. The van der Waals surface area contributed by atoms with Crippen molar-refractivity contribution >= 4 is 11.3 Å². The molecule has 0 amide bonds. The third-order valence-corrected chi connectivity index (χ3v) is 2.40. The molecule has 0 unspecified atom stereocenters. The fourth-order valence-corrected chi connectivity index (χ4v) is 1.69. The molecular formula is C9H8NS+. The van der Waals surface area contributed by atoms with Gasteiger partial charge in [0.2, 0.25) is 5.69 Å². The first-order valence-corrected chi connectivity index (χ1v) is 4.35. The molecule has 0 fully saturated rings. The van der Waals surface area contributed by atoms with Crippen LogP contribution in [0.15, 0.2) is 41.9 Å². The predicted molar refractivity (Wildman–Crippen MR) is 46.3 cm³/mol. The number of aromatic nitrogens is 1. The first kappa shape index (κ1) is 6.55. The molecule has 0 radical (unpaired) electrons. The molecule has 2 rings (SSSR count). The minimum Gasteiger partial charge on any atom is -0.210 e. The summed E-state index contributed by atoms with van der Waals surface area (Å²) in [5.41, 5.74) is 1.18. The van der Waals surface area contributed by atoms with E-state index in [4.69, 9.17) is 0 Å². The van der Waals surface area contributed by atoms with Gasteiger partial charge in [-0.15, -0.1) is 11.3 Å². The molecule has 0 spiro atoms. The Labute approximate surface area is 69.3 Å². The van der Waals surface area contributed by atoms with E-state index in [-0.39, 0.29) is 0 Å². The SMILES string of the molecule is c1ccc(-c2cccs2)[nH+]c1. The number of nitrogens with one attached hydrogen (secondary N) is 1. The molecule has 0 aliphatic rings. The Morgan fingerprint density at radius 2 is 2.09 bits per heavy atom. The van der Waals surface area contributed by atoms with Crippen LogP contribution in [0.1, 0.15) is 0 Å². The molecule has 2 heteroatoms. The second-order valence-corrected chi connectivity index (χ2v) is 3.20. The number of rotatable bonds is 1. The second-order valence-electron chi connectivity index (χ2n) is 2.25. The summed E-state index contributed by atoms with van der Waals surface area (Å²) < 4.78 is 0. The van der Waals surface area contributed by atoms with Crippen LogP contribution in [0.2, 0.25) is 0 Å². The molecule has 54 valence electrons. The molecule has 1 N–H and O–H groups in total. The molecule has 0 saturated heterocycles. The third kappa shape index (κ3) is 1.30. The Kier molecular flexibility index (Phi) is 1.69. The average Bonchev–Trinajstić information content (AvgIpc) is 2.58. The van der Waals surface area contributed by atoms with Crippen molar-refractivity contribution in [3.8, 4) is 10.6 Å². The normalized spacial score (nSPS) is 9.82. The van der Waals surface area contributed by atoms with Gasteiger partial charge in [0.25, 0.3) is 0 Å². The van der Waals surface area contributed by atoms with Crippen LogP contribution in [0.5, 0.6) is 0 Å². The summed E-state index contributed by atoms with van der Waals surface area (Å²) in [5, 5.41) is 2.08. The number of hydrogen-bond donors (Lipinski definition) is 0. The summed E-state index contributed by atoms with van der Waals surface area (Å²) in [7, 11) is 0. The lowest BCUT2D eigenvalue weighted by molar-refractivity contribution is -0.364. The van der Waals surface area contributed by atoms with Crippen molar-refractivity contribution in [2.75, 3.05) is 0 Å². The van der Waals surface area contributed by atoms with Crippen molar-refractivity contribution in [1.82, 2.24) is 0 Å². The van der Waals surface area contributed by atoms with Crippen LogP contribution >= 0.6 is 11.3 Å². The molecule has 1 nitrogen and oxygen atoms in total. The van der Waals surface area contributed by atoms with Crippen LogP contribution in [0.25, 0.3) is 10.6 Å². The first-order chi connectivity index (χ1) is 5.47. The highest BCUT2D eigenvalue weighted by Gasteiger charge is 2.02. The molecule has 0 bridgehead atoms. The maximum absolute atomic E-state index is 3.18. The van der Waals surface area contributed by atoms with Crippen molar-refractivity contribution in [1.29, 1.82) is 0 Å². The molecule has 0 atom stereocenters. The maximum Gasteiger partial charge on any atom is 0.220 e. The minimum atomic E-state index is 1.18. The molecule has 0 saturated carbocycles. The van der Waals surface area contributed by atoms with Gasteiger partial charge in [0.1, 0.15) is 0 Å². The summed E-state index contributed by atoms with van der Waals surface area (Å²) >= 11 is 1.74. The monoisotopic (exact) mass is 162 g/mol. The Hall–Kier alpha value is -1.15. The Bertz CT molecular complexity index is 313. The van der Waals surface area contributed by atoms with E-state index in [2.05, 4.69) is 28.6 Å². The number of H-pyrrole nitrogens is 1. The van der Waals surface area contributed by atoms with E-state index in [1.54, 1.807) is 11.3 Å². The maximum atomic E-state index is 3.18. The summed E-state index contributed by atoms with van der Waals surface area (Å²) in [4.78, 5) is 4.46. The van der Waals surface area contributed by atoms with E-state index in [1.165, 1.54) is 10.6 Å². The predicted octanol–water partition coefficient (Wildman–Crippen LogP) is 2.23. The van der Waals surface area contributed by atoms with Crippen molar-refractivity contribution < 1.29 is 4.98 Å². The van der Waals surface area contributed by atoms with Gasteiger partial charge in [0.05, 0.1) is 4.88 Å². The van der Waals surface area contributed by atoms with Crippen LogP contribution in [-0.2, 0) is 0 Å². The van der Waals surface area contributed by atoms with Gasteiger partial charge in [0, 0.05) is 12.1 Å². The Balaban J connectivity index is 2.46. The van der Waals surface area contributed by atoms with Gasteiger partial charge in [0.15, 0.2) is 6.20 Å². The zero-order chi connectivity index (χ0) is 7.52. The lowest BCUT2D eigenvalue weighted by Gasteiger charge is -1.85. The number of aromatic amines is 1. The van der Waals surface area contributed by atoms with E-state index < -0.39 is 0 Å². The fourth-order valence-electron chi connectivity index (χ4n) is 0.978. The quantitative estimate of drug-likeness (QED) is 0.610. The smallest absolute Gasteiger partial charge is 0.210 e. The van der Waals surface area contributed by atoms with E-state index in [0.29, 0.717) is 0 Å². The molecule has 2 heterocycles. The lowest BCUT2D eigenvalue weighted by Crippen LogP contribution is -2.02. The highest BCUT2D eigenvalue weighted by molar-refractivity contribution is 7.13. The highest BCUT2D eigenvalue weighted by atomic mass is 32.1. The van der Waals surface area contributed by atoms with Crippen LogP contribution in [0, 0.1) is 0 Å². The molecule has 11 heavy (non-hydrogen) atoms. The molecule has 0 aliphatic carbocycles.